The second kappa shape index (κ2) is 11.8. The molecular formula is C24H29N5O4. The van der Waals surface area contributed by atoms with Crippen molar-refractivity contribution in [3.63, 3.8) is 0 Å². The maximum atomic E-state index is 12.9. The third-order valence-corrected chi connectivity index (χ3v) is 5.28. The molecule has 0 fully saturated rings. The van der Waals surface area contributed by atoms with Gasteiger partial charge in [-0.05, 0) is 48.9 Å². The van der Waals surface area contributed by atoms with E-state index < -0.39 is 23.3 Å². The summed E-state index contributed by atoms with van der Waals surface area (Å²) < 4.78 is 0. The van der Waals surface area contributed by atoms with Crippen molar-refractivity contribution >= 4 is 17.7 Å². The molecule has 0 aliphatic carbocycles. The van der Waals surface area contributed by atoms with Crippen molar-refractivity contribution in [2.24, 2.45) is 5.73 Å². The minimum atomic E-state index is -1.94. The minimum absolute atomic E-state index is 0.262. The summed E-state index contributed by atoms with van der Waals surface area (Å²) in [6.07, 6.45) is 0. The van der Waals surface area contributed by atoms with Gasteiger partial charge in [0.1, 0.15) is 0 Å². The predicted molar refractivity (Wildman–Crippen MR) is 124 cm³/mol. The van der Waals surface area contributed by atoms with Crippen LogP contribution in [0.3, 0.4) is 0 Å². The number of hydroxylamine groups is 1. The zero-order valence-electron chi connectivity index (χ0n) is 18.9. The lowest BCUT2D eigenvalue weighted by Crippen LogP contribution is -2.64. The molecule has 2 aromatic carbocycles. The number of hydrogen-bond donors (Lipinski definition) is 5. The van der Waals surface area contributed by atoms with Crippen LogP contribution >= 0.6 is 0 Å². The molecule has 33 heavy (non-hydrogen) atoms. The fraction of sp³-hybridized carbons (Fsp3) is 0.292. The van der Waals surface area contributed by atoms with E-state index in [1.807, 2.05) is 24.3 Å². The first-order valence-electron chi connectivity index (χ1n) is 10.3. The molecule has 1 atom stereocenters. The monoisotopic (exact) mass is 451 g/mol. The van der Waals surface area contributed by atoms with E-state index >= 15 is 0 Å². The molecule has 0 aromatic heterocycles. The Hall–Kier alpha value is -3.71. The molecule has 0 bridgehead atoms. The fourth-order valence-corrected chi connectivity index (χ4v) is 3.04. The van der Waals surface area contributed by atoms with Gasteiger partial charge in [0, 0.05) is 50.4 Å². The number of rotatable bonds is 8. The van der Waals surface area contributed by atoms with Crippen LogP contribution in [0.4, 0.5) is 0 Å². The topological polar surface area (TPSA) is 137 Å². The maximum Gasteiger partial charge on any atom is 0.278 e. The number of nitrogens with zero attached hydrogens (tertiary/aromatic N) is 1. The number of likely N-dealkylation sites (N-methyl/N-ethyl adjacent to an activating group) is 2. The van der Waals surface area contributed by atoms with Gasteiger partial charge in [-0.3, -0.25) is 19.6 Å². The number of carbonyl (C=O) groups is 3. The van der Waals surface area contributed by atoms with Crippen molar-refractivity contribution in [1.82, 2.24) is 21.0 Å². The van der Waals surface area contributed by atoms with E-state index in [1.165, 1.54) is 26.5 Å². The third-order valence-electron chi connectivity index (χ3n) is 5.28. The number of hydrogen-bond acceptors (Lipinski definition) is 6. The molecule has 6 N–H and O–H groups in total. The van der Waals surface area contributed by atoms with Crippen LogP contribution in [0.1, 0.15) is 34.0 Å². The van der Waals surface area contributed by atoms with E-state index in [-0.39, 0.29) is 5.56 Å². The van der Waals surface area contributed by atoms with Gasteiger partial charge in [0.15, 0.2) is 5.54 Å². The highest BCUT2D eigenvalue weighted by molar-refractivity contribution is 6.12. The highest BCUT2D eigenvalue weighted by atomic mass is 16.5. The summed E-state index contributed by atoms with van der Waals surface area (Å²) in [5.74, 6) is 3.79. The molecule has 0 saturated heterocycles. The first-order chi connectivity index (χ1) is 15.8. The lowest BCUT2D eigenvalue weighted by molar-refractivity contribution is -0.148. The summed E-state index contributed by atoms with van der Waals surface area (Å²) in [6, 6.07) is 14.4. The van der Waals surface area contributed by atoms with E-state index in [0.717, 1.165) is 29.1 Å². The number of nitrogens with one attached hydrogen (secondary N) is 3. The van der Waals surface area contributed by atoms with E-state index in [2.05, 4.69) is 22.5 Å². The first kappa shape index (κ1) is 25.5. The van der Waals surface area contributed by atoms with Gasteiger partial charge < -0.3 is 21.3 Å². The molecule has 2 aromatic rings. The Balaban J connectivity index is 2.13. The standard InChI is InChI=1S/C24H29N5O4/c1-24(22(31)26-2,23(32)28-33)29(3)21(30)20-12-10-18(11-13-20)5-4-17-6-8-19(9-7-17)16-27-15-14-25/h6-13,27,33H,14-16,25H2,1-3H3,(H,26,31)(H,28,32)/t24-/m0/s1. The van der Waals surface area contributed by atoms with E-state index in [0.29, 0.717) is 12.1 Å². The molecule has 0 unspecified atom stereocenters. The van der Waals surface area contributed by atoms with Gasteiger partial charge in [0.05, 0.1) is 0 Å². The molecule has 9 heteroatoms. The fourth-order valence-electron chi connectivity index (χ4n) is 3.04. The van der Waals surface area contributed by atoms with Crippen molar-refractivity contribution in [3.05, 3.63) is 70.8 Å². The molecule has 3 amide bonds. The van der Waals surface area contributed by atoms with Crippen LogP contribution in [0.2, 0.25) is 0 Å². The molecule has 2 rings (SSSR count). The van der Waals surface area contributed by atoms with Crippen molar-refractivity contribution in [2.45, 2.75) is 19.0 Å². The van der Waals surface area contributed by atoms with Gasteiger partial charge in [0.2, 0.25) is 0 Å². The predicted octanol–water partition coefficient (Wildman–Crippen LogP) is 0.217. The number of carbonyl (C=O) groups excluding carboxylic acids is 3. The largest absolute Gasteiger partial charge is 0.357 e. The molecule has 0 aliphatic rings. The Kier molecular flexibility index (Phi) is 9.12. The lowest BCUT2D eigenvalue weighted by Gasteiger charge is -2.34. The van der Waals surface area contributed by atoms with Gasteiger partial charge in [-0.15, -0.1) is 0 Å². The van der Waals surface area contributed by atoms with Crippen LogP contribution in [0.15, 0.2) is 48.5 Å². The number of nitrogens with two attached hydrogens (primary N) is 1. The summed E-state index contributed by atoms with van der Waals surface area (Å²) in [6.45, 7) is 3.34. The molecule has 0 spiro atoms. The normalized spacial score (nSPS) is 12.0. The van der Waals surface area contributed by atoms with E-state index in [9.17, 15) is 14.4 Å². The highest BCUT2D eigenvalue weighted by Gasteiger charge is 2.47. The first-order valence-corrected chi connectivity index (χ1v) is 10.3. The summed E-state index contributed by atoms with van der Waals surface area (Å²) in [5.41, 5.74) is 7.92. The zero-order chi connectivity index (χ0) is 24.4. The average molecular weight is 452 g/mol. The summed E-state index contributed by atoms with van der Waals surface area (Å²) >= 11 is 0. The van der Waals surface area contributed by atoms with Gasteiger partial charge in [0.25, 0.3) is 17.7 Å². The number of benzene rings is 2. The second-order valence-corrected chi connectivity index (χ2v) is 7.45. The molecule has 0 saturated carbocycles. The Morgan fingerprint density at radius 3 is 2.03 bits per heavy atom. The summed E-state index contributed by atoms with van der Waals surface area (Å²) in [4.78, 5) is 38.3. The Bertz CT molecular complexity index is 1020. The molecule has 0 heterocycles. The van der Waals surface area contributed by atoms with Crippen molar-refractivity contribution in [1.29, 1.82) is 0 Å². The quantitative estimate of drug-likeness (QED) is 0.128. The van der Waals surface area contributed by atoms with Crippen LogP contribution in [-0.2, 0) is 16.1 Å². The Morgan fingerprint density at radius 1 is 1.00 bits per heavy atom. The van der Waals surface area contributed by atoms with Crippen LogP contribution in [-0.4, -0.2) is 60.6 Å². The van der Waals surface area contributed by atoms with Crippen molar-refractivity contribution in [2.75, 3.05) is 27.2 Å². The second-order valence-electron chi connectivity index (χ2n) is 7.45. The Morgan fingerprint density at radius 2 is 1.55 bits per heavy atom. The SMILES string of the molecule is CNC(=O)[C@@](C)(C(=O)NO)N(C)C(=O)c1ccc(C#Cc2ccc(CNCCN)cc2)cc1. The minimum Gasteiger partial charge on any atom is -0.357 e. The molecule has 9 nitrogen and oxygen atoms in total. The molecule has 174 valence electrons. The van der Waals surface area contributed by atoms with Crippen LogP contribution in [0.25, 0.3) is 0 Å². The molecule has 0 aliphatic heterocycles. The van der Waals surface area contributed by atoms with Crippen molar-refractivity contribution < 1.29 is 19.6 Å². The lowest BCUT2D eigenvalue weighted by atomic mass is 9.96. The summed E-state index contributed by atoms with van der Waals surface area (Å²) in [7, 11) is 2.65. The van der Waals surface area contributed by atoms with Gasteiger partial charge >= 0.3 is 0 Å². The van der Waals surface area contributed by atoms with E-state index in [4.69, 9.17) is 10.9 Å². The average Bonchev–Trinajstić information content (AvgIpc) is 2.86. The number of amides is 3. The van der Waals surface area contributed by atoms with Gasteiger partial charge in [-0.25, -0.2) is 5.48 Å². The van der Waals surface area contributed by atoms with Crippen LogP contribution in [0.5, 0.6) is 0 Å². The smallest absolute Gasteiger partial charge is 0.278 e. The Labute approximate surface area is 193 Å². The zero-order valence-corrected chi connectivity index (χ0v) is 18.9. The van der Waals surface area contributed by atoms with E-state index in [1.54, 1.807) is 24.3 Å². The third kappa shape index (κ3) is 6.17. The van der Waals surface area contributed by atoms with Gasteiger partial charge in [-0.2, -0.15) is 0 Å². The molecule has 0 radical (unpaired) electrons. The summed E-state index contributed by atoms with van der Waals surface area (Å²) in [5, 5.41) is 14.6. The molecular weight excluding hydrogens is 422 g/mol. The van der Waals surface area contributed by atoms with Crippen molar-refractivity contribution in [3.8, 4) is 11.8 Å². The van der Waals surface area contributed by atoms with Gasteiger partial charge in [-0.1, -0.05) is 24.0 Å². The van der Waals surface area contributed by atoms with Crippen LogP contribution in [0, 0.1) is 11.8 Å². The van der Waals surface area contributed by atoms with Crippen LogP contribution < -0.4 is 21.8 Å². The highest BCUT2D eigenvalue weighted by Crippen LogP contribution is 2.18. The maximum absolute atomic E-state index is 12.9.